The first-order valence-electron chi connectivity index (χ1n) is 5.82. The quantitative estimate of drug-likeness (QED) is 0.804. The van der Waals surface area contributed by atoms with Crippen molar-refractivity contribution in [1.29, 1.82) is 0 Å². The summed E-state index contributed by atoms with van der Waals surface area (Å²) in [5.41, 5.74) is 2.05. The molecule has 2 N–H and O–H groups in total. The molecule has 0 aromatic heterocycles. The van der Waals surface area contributed by atoms with Gasteiger partial charge in [-0.3, -0.25) is 0 Å². The number of amides is 2. The van der Waals surface area contributed by atoms with Crippen LogP contribution in [0.25, 0.3) is 0 Å². The Morgan fingerprint density at radius 1 is 1.31 bits per heavy atom. The van der Waals surface area contributed by atoms with Crippen molar-refractivity contribution < 1.29 is 4.79 Å². The van der Waals surface area contributed by atoms with E-state index in [2.05, 4.69) is 17.6 Å². The van der Waals surface area contributed by atoms with Crippen LogP contribution < -0.4 is 10.6 Å². The molecule has 0 radical (unpaired) electrons. The summed E-state index contributed by atoms with van der Waals surface area (Å²) in [6.07, 6.45) is 1.85. The Balaban J connectivity index is 2.62. The molecule has 3 nitrogen and oxygen atoms in total. The average molecular weight is 220 g/mol. The molecule has 0 saturated carbocycles. The summed E-state index contributed by atoms with van der Waals surface area (Å²) >= 11 is 0. The molecule has 1 aromatic carbocycles. The van der Waals surface area contributed by atoms with Crippen LogP contribution >= 0.6 is 0 Å². The molecule has 2 amide bonds. The normalized spacial score (nSPS) is 11.9. The standard InChI is InChI=1S/C13H20N2O/c1-4-10(3)14-13(16)15-12-9-7-6-8-11(12)5-2/h6-10H,4-5H2,1-3H3,(H2,14,15,16)/t10-/m1/s1. The van der Waals surface area contributed by atoms with Crippen molar-refractivity contribution in [3.8, 4) is 0 Å². The van der Waals surface area contributed by atoms with E-state index in [0.717, 1.165) is 24.1 Å². The number of urea groups is 1. The molecule has 1 rings (SSSR count). The van der Waals surface area contributed by atoms with E-state index in [9.17, 15) is 4.79 Å². The van der Waals surface area contributed by atoms with Crippen molar-refractivity contribution in [3.63, 3.8) is 0 Å². The number of anilines is 1. The Kier molecular flexibility index (Phi) is 4.83. The lowest BCUT2D eigenvalue weighted by Gasteiger charge is -2.14. The number of benzene rings is 1. The van der Waals surface area contributed by atoms with Gasteiger partial charge in [0.05, 0.1) is 0 Å². The third kappa shape index (κ3) is 3.57. The van der Waals surface area contributed by atoms with Crippen LogP contribution in [0.5, 0.6) is 0 Å². The number of rotatable bonds is 4. The zero-order chi connectivity index (χ0) is 12.0. The predicted octanol–water partition coefficient (Wildman–Crippen LogP) is 3.17. The SMILES string of the molecule is CCc1ccccc1NC(=O)N[C@H](C)CC. The van der Waals surface area contributed by atoms with E-state index < -0.39 is 0 Å². The molecule has 3 heteroatoms. The van der Waals surface area contributed by atoms with Gasteiger partial charge in [-0.1, -0.05) is 32.0 Å². The minimum absolute atomic E-state index is 0.129. The highest BCUT2D eigenvalue weighted by atomic mass is 16.2. The monoisotopic (exact) mass is 220 g/mol. The van der Waals surface area contributed by atoms with Crippen molar-refractivity contribution in [2.45, 2.75) is 39.7 Å². The van der Waals surface area contributed by atoms with Gasteiger partial charge in [0.1, 0.15) is 0 Å². The zero-order valence-electron chi connectivity index (χ0n) is 10.2. The molecule has 0 bridgehead atoms. The van der Waals surface area contributed by atoms with Crippen molar-refractivity contribution in [1.82, 2.24) is 5.32 Å². The van der Waals surface area contributed by atoms with Crippen LogP contribution in [0.4, 0.5) is 10.5 Å². The predicted molar refractivity (Wildman–Crippen MR) is 67.7 cm³/mol. The van der Waals surface area contributed by atoms with Crippen LogP contribution in [0.15, 0.2) is 24.3 Å². The summed E-state index contributed by atoms with van der Waals surface area (Å²) < 4.78 is 0. The summed E-state index contributed by atoms with van der Waals surface area (Å²) in [5.74, 6) is 0. The molecule has 0 aliphatic rings. The van der Waals surface area contributed by atoms with Gasteiger partial charge in [-0.05, 0) is 31.4 Å². The number of carbonyl (C=O) groups excluding carboxylic acids is 1. The van der Waals surface area contributed by atoms with Crippen LogP contribution in [0.1, 0.15) is 32.8 Å². The number of nitrogens with one attached hydrogen (secondary N) is 2. The first-order valence-corrected chi connectivity index (χ1v) is 5.82. The van der Waals surface area contributed by atoms with Crippen molar-refractivity contribution in [3.05, 3.63) is 29.8 Å². The van der Waals surface area contributed by atoms with Gasteiger partial charge >= 0.3 is 6.03 Å². The van der Waals surface area contributed by atoms with E-state index in [1.54, 1.807) is 0 Å². The Labute approximate surface area is 97.2 Å². The lowest BCUT2D eigenvalue weighted by atomic mass is 10.1. The van der Waals surface area contributed by atoms with E-state index in [-0.39, 0.29) is 12.1 Å². The second-order valence-electron chi connectivity index (χ2n) is 3.92. The van der Waals surface area contributed by atoms with Crippen LogP contribution in [0.2, 0.25) is 0 Å². The highest BCUT2D eigenvalue weighted by molar-refractivity contribution is 5.90. The molecule has 0 spiro atoms. The third-order valence-electron chi connectivity index (χ3n) is 2.64. The van der Waals surface area contributed by atoms with Gasteiger partial charge in [-0.25, -0.2) is 4.79 Å². The number of para-hydroxylation sites is 1. The summed E-state index contributed by atoms with van der Waals surface area (Å²) in [5, 5.41) is 5.76. The fourth-order valence-corrected chi connectivity index (χ4v) is 1.43. The van der Waals surface area contributed by atoms with Crippen LogP contribution in [-0.2, 0) is 6.42 Å². The van der Waals surface area contributed by atoms with E-state index in [1.807, 2.05) is 38.1 Å². The first kappa shape index (κ1) is 12.6. The number of hydrogen-bond donors (Lipinski definition) is 2. The van der Waals surface area contributed by atoms with E-state index in [0.29, 0.717) is 0 Å². The number of carbonyl (C=O) groups is 1. The Morgan fingerprint density at radius 3 is 2.62 bits per heavy atom. The molecule has 1 aromatic rings. The van der Waals surface area contributed by atoms with E-state index in [1.165, 1.54) is 0 Å². The lowest BCUT2D eigenvalue weighted by molar-refractivity contribution is 0.249. The summed E-state index contributed by atoms with van der Waals surface area (Å²) in [6.45, 7) is 6.11. The second-order valence-corrected chi connectivity index (χ2v) is 3.92. The van der Waals surface area contributed by atoms with Crippen LogP contribution in [-0.4, -0.2) is 12.1 Å². The maximum atomic E-state index is 11.6. The molecule has 0 aliphatic carbocycles. The fourth-order valence-electron chi connectivity index (χ4n) is 1.43. The van der Waals surface area contributed by atoms with Gasteiger partial charge in [0.25, 0.3) is 0 Å². The van der Waals surface area contributed by atoms with Gasteiger partial charge in [-0.2, -0.15) is 0 Å². The molecule has 0 aliphatic heterocycles. The Hall–Kier alpha value is -1.51. The van der Waals surface area contributed by atoms with Crippen molar-refractivity contribution in [2.75, 3.05) is 5.32 Å². The fraction of sp³-hybridized carbons (Fsp3) is 0.462. The topological polar surface area (TPSA) is 41.1 Å². The molecule has 0 unspecified atom stereocenters. The highest BCUT2D eigenvalue weighted by Gasteiger charge is 2.07. The smallest absolute Gasteiger partial charge is 0.319 e. The third-order valence-corrected chi connectivity index (χ3v) is 2.64. The minimum atomic E-state index is -0.129. The van der Waals surface area contributed by atoms with Gasteiger partial charge in [0, 0.05) is 11.7 Å². The number of hydrogen-bond acceptors (Lipinski definition) is 1. The molecule has 88 valence electrons. The van der Waals surface area contributed by atoms with Gasteiger partial charge in [0.2, 0.25) is 0 Å². The summed E-state index contributed by atoms with van der Waals surface area (Å²) in [4.78, 5) is 11.6. The molecule has 0 heterocycles. The highest BCUT2D eigenvalue weighted by Crippen LogP contribution is 2.15. The zero-order valence-corrected chi connectivity index (χ0v) is 10.2. The van der Waals surface area contributed by atoms with E-state index in [4.69, 9.17) is 0 Å². The van der Waals surface area contributed by atoms with Crippen molar-refractivity contribution in [2.24, 2.45) is 0 Å². The van der Waals surface area contributed by atoms with Gasteiger partial charge < -0.3 is 10.6 Å². The van der Waals surface area contributed by atoms with Crippen molar-refractivity contribution >= 4 is 11.7 Å². The largest absolute Gasteiger partial charge is 0.335 e. The average Bonchev–Trinajstić information content (AvgIpc) is 2.29. The Morgan fingerprint density at radius 2 is 2.00 bits per heavy atom. The maximum Gasteiger partial charge on any atom is 0.319 e. The first-order chi connectivity index (χ1) is 7.67. The molecule has 16 heavy (non-hydrogen) atoms. The summed E-state index contributed by atoms with van der Waals surface area (Å²) in [7, 11) is 0. The van der Waals surface area contributed by atoms with Crippen LogP contribution in [0.3, 0.4) is 0 Å². The van der Waals surface area contributed by atoms with Crippen LogP contribution in [0, 0.1) is 0 Å². The minimum Gasteiger partial charge on any atom is -0.335 e. The van der Waals surface area contributed by atoms with E-state index >= 15 is 0 Å². The molecular weight excluding hydrogens is 200 g/mol. The number of aryl methyl sites for hydroxylation is 1. The van der Waals surface area contributed by atoms with Gasteiger partial charge in [0.15, 0.2) is 0 Å². The lowest BCUT2D eigenvalue weighted by Crippen LogP contribution is -2.35. The molecule has 0 fully saturated rings. The second kappa shape index (κ2) is 6.16. The molecule has 0 saturated heterocycles. The summed E-state index contributed by atoms with van der Waals surface area (Å²) in [6, 6.07) is 7.94. The van der Waals surface area contributed by atoms with Gasteiger partial charge in [-0.15, -0.1) is 0 Å². The molecular formula is C13H20N2O. The molecule has 1 atom stereocenters. The Bertz CT molecular complexity index is 350. The maximum absolute atomic E-state index is 11.6.